The molecule has 1 heterocycles. The quantitative estimate of drug-likeness (QED) is 0.285. The molecule has 0 fully saturated rings. The Bertz CT molecular complexity index is 736. The van der Waals surface area contributed by atoms with Crippen LogP contribution < -0.4 is 5.43 Å². The molecule has 8 nitrogen and oxygen atoms in total. The third kappa shape index (κ3) is 5.15. The van der Waals surface area contributed by atoms with Gasteiger partial charge in [0.1, 0.15) is 0 Å². The largest absolute Gasteiger partial charge is 0.272 e. The number of hydrogen-bond acceptors (Lipinski definition) is 7. The lowest BCUT2D eigenvalue weighted by Crippen LogP contribution is -2.21. The van der Waals surface area contributed by atoms with E-state index in [2.05, 4.69) is 20.5 Å². The van der Waals surface area contributed by atoms with Gasteiger partial charge in [0.15, 0.2) is 5.16 Å². The third-order valence-electron chi connectivity index (χ3n) is 2.70. The number of benzene rings is 1. The van der Waals surface area contributed by atoms with Crippen LogP contribution in [0.25, 0.3) is 0 Å². The number of carbonyl (C=O) groups excluding carboxylic acids is 1. The smallest absolute Gasteiger partial charge is 0.270 e. The van der Waals surface area contributed by atoms with Crippen LogP contribution >= 0.6 is 11.8 Å². The Morgan fingerprint density at radius 2 is 2.09 bits per heavy atom. The lowest BCUT2D eigenvalue weighted by Gasteiger charge is -2.03. The van der Waals surface area contributed by atoms with Gasteiger partial charge in [-0.25, -0.2) is 15.4 Å². The molecule has 118 valence electrons. The van der Waals surface area contributed by atoms with Gasteiger partial charge in [0.25, 0.3) is 11.6 Å². The Morgan fingerprint density at radius 1 is 1.35 bits per heavy atom. The van der Waals surface area contributed by atoms with E-state index in [-0.39, 0.29) is 17.3 Å². The fourth-order valence-electron chi connectivity index (χ4n) is 1.58. The second kappa shape index (κ2) is 7.99. The number of rotatable bonds is 6. The molecule has 2 rings (SSSR count). The third-order valence-corrected chi connectivity index (χ3v) is 3.57. The van der Waals surface area contributed by atoms with E-state index >= 15 is 0 Å². The molecule has 0 saturated carbocycles. The van der Waals surface area contributed by atoms with Crippen molar-refractivity contribution >= 4 is 29.1 Å². The van der Waals surface area contributed by atoms with Crippen molar-refractivity contribution in [3.05, 3.63) is 58.4 Å². The number of nitro benzene ring substituents is 1. The van der Waals surface area contributed by atoms with Crippen molar-refractivity contribution in [2.45, 2.75) is 12.1 Å². The van der Waals surface area contributed by atoms with Gasteiger partial charge in [-0.05, 0) is 13.0 Å². The fourth-order valence-corrected chi connectivity index (χ4v) is 2.17. The van der Waals surface area contributed by atoms with Crippen molar-refractivity contribution in [3.8, 4) is 0 Å². The lowest BCUT2D eigenvalue weighted by molar-refractivity contribution is -0.384. The second-order valence-electron chi connectivity index (χ2n) is 4.36. The average molecular weight is 331 g/mol. The summed E-state index contributed by atoms with van der Waals surface area (Å²) in [4.78, 5) is 30.0. The summed E-state index contributed by atoms with van der Waals surface area (Å²) in [6.45, 7) is 1.66. The van der Waals surface area contributed by atoms with E-state index in [4.69, 9.17) is 0 Å². The molecule has 9 heteroatoms. The Balaban J connectivity index is 1.92. The maximum atomic E-state index is 11.7. The van der Waals surface area contributed by atoms with Gasteiger partial charge in [-0.1, -0.05) is 23.9 Å². The zero-order valence-corrected chi connectivity index (χ0v) is 13.0. The monoisotopic (exact) mass is 331 g/mol. The number of nitro groups is 1. The standard InChI is InChI=1S/C14H13N5O3S/c1-10(11-4-2-5-12(8-11)19(21)22)17-18-13(20)9-23-14-15-6-3-7-16-14/h2-8H,9H2,1H3,(H,18,20)/b17-10-. The molecule has 0 aliphatic rings. The van der Waals surface area contributed by atoms with Crippen molar-refractivity contribution in [1.82, 2.24) is 15.4 Å². The molecule has 0 spiro atoms. The van der Waals surface area contributed by atoms with Gasteiger partial charge in [0.2, 0.25) is 0 Å². The number of carbonyl (C=O) groups is 1. The molecule has 1 aromatic carbocycles. The van der Waals surface area contributed by atoms with Crippen molar-refractivity contribution in [1.29, 1.82) is 0 Å². The second-order valence-corrected chi connectivity index (χ2v) is 5.30. The molecule has 0 aliphatic heterocycles. The first-order chi connectivity index (χ1) is 11.1. The van der Waals surface area contributed by atoms with Crippen molar-refractivity contribution < 1.29 is 9.72 Å². The summed E-state index contributed by atoms with van der Waals surface area (Å²) in [6, 6.07) is 7.74. The zero-order chi connectivity index (χ0) is 16.7. The molecule has 23 heavy (non-hydrogen) atoms. The van der Waals surface area contributed by atoms with Crippen LogP contribution in [0.15, 0.2) is 53.0 Å². The Kier molecular flexibility index (Phi) is 5.75. The molecule has 0 aliphatic carbocycles. The van der Waals surface area contributed by atoms with E-state index in [0.29, 0.717) is 16.4 Å². The summed E-state index contributed by atoms with van der Waals surface area (Å²) in [6.07, 6.45) is 3.19. The number of thioether (sulfide) groups is 1. The number of non-ortho nitro benzene ring substituents is 1. The highest BCUT2D eigenvalue weighted by Gasteiger charge is 2.08. The van der Waals surface area contributed by atoms with Crippen molar-refractivity contribution in [2.24, 2.45) is 5.10 Å². The highest BCUT2D eigenvalue weighted by atomic mass is 32.2. The molecule has 0 saturated heterocycles. The molecule has 0 radical (unpaired) electrons. The van der Waals surface area contributed by atoms with Gasteiger partial charge in [-0.2, -0.15) is 5.10 Å². The maximum Gasteiger partial charge on any atom is 0.270 e. The fraction of sp³-hybridized carbons (Fsp3) is 0.143. The number of nitrogens with one attached hydrogen (secondary N) is 1. The van der Waals surface area contributed by atoms with Crippen LogP contribution in [-0.2, 0) is 4.79 Å². The summed E-state index contributed by atoms with van der Waals surface area (Å²) in [7, 11) is 0. The minimum Gasteiger partial charge on any atom is -0.272 e. The maximum absolute atomic E-state index is 11.7. The molecule has 0 bridgehead atoms. The number of hydrazone groups is 1. The van der Waals surface area contributed by atoms with E-state index in [1.165, 1.54) is 23.9 Å². The molecule has 1 N–H and O–H groups in total. The summed E-state index contributed by atoms with van der Waals surface area (Å²) >= 11 is 1.19. The first-order valence-electron chi connectivity index (χ1n) is 6.54. The van der Waals surface area contributed by atoms with Crippen molar-refractivity contribution in [2.75, 3.05) is 5.75 Å². The summed E-state index contributed by atoms with van der Waals surface area (Å²) in [5, 5.41) is 15.2. The normalized spacial score (nSPS) is 11.1. The van der Waals surface area contributed by atoms with Crippen molar-refractivity contribution in [3.63, 3.8) is 0 Å². The summed E-state index contributed by atoms with van der Waals surface area (Å²) < 4.78 is 0. The van der Waals surface area contributed by atoms with E-state index < -0.39 is 4.92 Å². The SMILES string of the molecule is C/C(=N/NC(=O)CSc1ncccn1)c1cccc([N+](=O)[O-])c1. The predicted octanol–water partition coefficient (Wildman–Crippen LogP) is 2.02. The number of aromatic nitrogens is 2. The first-order valence-corrected chi connectivity index (χ1v) is 7.52. The van der Waals surface area contributed by atoms with Crippen LogP contribution in [0.4, 0.5) is 5.69 Å². The van der Waals surface area contributed by atoms with Gasteiger partial charge >= 0.3 is 0 Å². The Hall–Kier alpha value is -2.81. The Labute approximate surface area is 136 Å². The van der Waals surface area contributed by atoms with Crippen LogP contribution in [0.1, 0.15) is 12.5 Å². The number of amides is 1. The topological polar surface area (TPSA) is 110 Å². The van der Waals surface area contributed by atoms with Crippen LogP contribution in [0.3, 0.4) is 0 Å². The number of nitrogens with zero attached hydrogens (tertiary/aromatic N) is 4. The zero-order valence-electron chi connectivity index (χ0n) is 12.2. The lowest BCUT2D eigenvalue weighted by atomic mass is 10.1. The summed E-state index contributed by atoms with van der Waals surface area (Å²) in [5.74, 6) is -0.192. The van der Waals surface area contributed by atoms with Crippen LogP contribution in [0.2, 0.25) is 0 Å². The highest BCUT2D eigenvalue weighted by Crippen LogP contribution is 2.14. The van der Waals surface area contributed by atoms with Gasteiger partial charge < -0.3 is 0 Å². The van der Waals surface area contributed by atoms with Gasteiger partial charge in [-0.15, -0.1) is 0 Å². The van der Waals surface area contributed by atoms with Crippen LogP contribution in [-0.4, -0.2) is 32.3 Å². The summed E-state index contributed by atoms with van der Waals surface area (Å²) in [5.41, 5.74) is 3.42. The molecular weight excluding hydrogens is 318 g/mol. The highest BCUT2D eigenvalue weighted by molar-refractivity contribution is 7.99. The van der Waals surface area contributed by atoms with Gasteiger partial charge in [0, 0.05) is 30.1 Å². The molecule has 2 aromatic rings. The van der Waals surface area contributed by atoms with E-state index in [1.807, 2.05) is 0 Å². The van der Waals surface area contributed by atoms with E-state index in [9.17, 15) is 14.9 Å². The van der Waals surface area contributed by atoms with Gasteiger partial charge in [0.05, 0.1) is 16.4 Å². The Morgan fingerprint density at radius 3 is 2.78 bits per heavy atom. The minimum absolute atomic E-state index is 0.0276. The molecule has 1 aromatic heterocycles. The van der Waals surface area contributed by atoms with Crippen LogP contribution in [0, 0.1) is 10.1 Å². The predicted molar refractivity (Wildman–Crippen MR) is 86.2 cm³/mol. The molecule has 1 amide bonds. The molecular formula is C14H13N5O3S. The first kappa shape index (κ1) is 16.6. The molecule has 0 unspecified atom stereocenters. The minimum atomic E-state index is -0.480. The van der Waals surface area contributed by atoms with Crippen LogP contribution in [0.5, 0.6) is 0 Å². The van der Waals surface area contributed by atoms with E-state index in [1.54, 1.807) is 37.5 Å². The van der Waals surface area contributed by atoms with Gasteiger partial charge in [-0.3, -0.25) is 14.9 Å². The number of hydrogen-bond donors (Lipinski definition) is 1. The van der Waals surface area contributed by atoms with E-state index in [0.717, 1.165) is 0 Å². The average Bonchev–Trinajstić information content (AvgIpc) is 2.58. The molecule has 0 atom stereocenters.